The predicted molar refractivity (Wildman–Crippen MR) is 127 cm³/mol. The summed E-state index contributed by atoms with van der Waals surface area (Å²) in [5.41, 5.74) is 4.00. The molecule has 0 aromatic heterocycles. The van der Waals surface area contributed by atoms with E-state index in [9.17, 15) is 13.2 Å². The van der Waals surface area contributed by atoms with E-state index in [0.29, 0.717) is 24.4 Å². The minimum absolute atomic E-state index is 0.0955. The van der Waals surface area contributed by atoms with Crippen LogP contribution in [0.2, 0.25) is 0 Å². The molecule has 6 nitrogen and oxygen atoms in total. The summed E-state index contributed by atoms with van der Waals surface area (Å²) in [4.78, 5) is 14.3. The van der Waals surface area contributed by atoms with Crippen LogP contribution in [0.25, 0.3) is 0 Å². The molecule has 0 aliphatic rings. The molecule has 7 heteroatoms. The molecule has 3 aromatic carbocycles. The van der Waals surface area contributed by atoms with Crippen molar-refractivity contribution < 1.29 is 17.9 Å². The number of benzene rings is 3. The molecule has 1 N–H and O–H groups in total. The lowest BCUT2D eigenvalue weighted by Crippen LogP contribution is -2.30. The van der Waals surface area contributed by atoms with Gasteiger partial charge in [-0.05, 0) is 79.9 Å². The molecule has 0 unspecified atom stereocenters. The number of para-hydroxylation sites is 1. The number of likely N-dealkylation sites (N-methyl/N-ethyl adjacent to an activating group) is 1. The summed E-state index contributed by atoms with van der Waals surface area (Å²) in [7, 11) is -2.05. The first-order chi connectivity index (χ1) is 15.2. The molecule has 0 aliphatic heterocycles. The first-order valence-electron chi connectivity index (χ1n) is 10.3. The maximum absolute atomic E-state index is 12.7. The molecule has 32 heavy (non-hydrogen) atoms. The van der Waals surface area contributed by atoms with Gasteiger partial charge in [-0.25, -0.2) is 8.42 Å². The maximum Gasteiger partial charge on any atom is 0.261 e. The van der Waals surface area contributed by atoms with Crippen LogP contribution in [0.5, 0.6) is 5.75 Å². The largest absolute Gasteiger partial charge is 0.492 e. The number of hydrogen-bond donors (Lipinski definition) is 1. The van der Waals surface area contributed by atoms with Crippen molar-refractivity contribution in [2.75, 3.05) is 24.9 Å². The zero-order valence-corrected chi connectivity index (χ0v) is 19.6. The lowest BCUT2D eigenvalue weighted by atomic mass is 10.1. The number of amides is 1. The number of ether oxygens (including phenoxy) is 1. The van der Waals surface area contributed by atoms with Crippen molar-refractivity contribution in [3.05, 3.63) is 89.0 Å². The molecule has 0 fully saturated rings. The fourth-order valence-electron chi connectivity index (χ4n) is 3.31. The van der Waals surface area contributed by atoms with E-state index in [2.05, 4.69) is 10.8 Å². The molecule has 0 saturated heterocycles. The Morgan fingerprint density at radius 2 is 1.56 bits per heavy atom. The number of nitrogens with one attached hydrogen (secondary N) is 1. The van der Waals surface area contributed by atoms with E-state index in [1.165, 1.54) is 24.3 Å². The van der Waals surface area contributed by atoms with E-state index in [1.54, 1.807) is 24.1 Å². The van der Waals surface area contributed by atoms with Gasteiger partial charge in [-0.1, -0.05) is 24.3 Å². The van der Waals surface area contributed by atoms with Crippen molar-refractivity contribution in [2.24, 2.45) is 0 Å². The first-order valence-corrected chi connectivity index (χ1v) is 11.8. The van der Waals surface area contributed by atoms with Crippen LogP contribution in [0, 0.1) is 20.8 Å². The van der Waals surface area contributed by atoms with Crippen molar-refractivity contribution in [1.82, 2.24) is 4.90 Å². The lowest BCUT2D eigenvalue weighted by molar-refractivity contribution is 0.0773. The quantitative estimate of drug-likeness (QED) is 0.543. The average Bonchev–Trinajstić information content (AvgIpc) is 2.74. The van der Waals surface area contributed by atoms with Crippen molar-refractivity contribution in [2.45, 2.75) is 25.7 Å². The van der Waals surface area contributed by atoms with Crippen molar-refractivity contribution in [1.29, 1.82) is 0 Å². The molecular formula is C25H28N2O4S. The molecule has 0 spiro atoms. The van der Waals surface area contributed by atoms with E-state index in [4.69, 9.17) is 4.74 Å². The second-order valence-electron chi connectivity index (χ2n) is 7.84. The number of sulfonamides is 1. The Kier molecular flexibility index (Phi) is 7.20. The Morgan fingerprint density at radius 1 is 0.938 bits per heavy atom. The number of aryl methyl sites for hydroxylation is 3. The van der Waals surface area contributed by atoms with Gasteiger partial charge in [0.2, 0.25) is 0 Å². The third-order valence-corrected chi connectivity index (χ3v) is 6.42. The Bertz CT molecular complexity index is 1180. The van der Waals surface area contributed by atoms with Crippen LogP contribution in [-0.4, -0.2) is 39.4 Å². The van der Waals surface area contributed by atoms with Gasteiger partial charge in [0.15, 0.2) is 0 Å². The number of anilines is 1. The number of carbonyl (C=O) groups excluding carboxylic acids is 1. The average molecular weight is 453 g/mol. The van der Waals surface area contributed by atoms with Gasteiger partial charge in [-0.2, -0.15) is 0 Å². The zero-order chi connectivity index (χ0) is 23.3. The van der Waals surface area contributed by atoms with Gasteiger partial charge in [-0.15, -0.1) is 0 Å². The zero-order valence-electron chi connectivity index (χ0n) is 18.8. The molecule has 0 heterocycles. The third kappa shape index (κ3) is 5.88. The topological polar surface area (TPSA) is 75.7 Å². The first kappa shape index (κ1) is 23.3. The minimum atomic E-state index is -3.75. The van der Waals surface area contributed by atoms with Gasteiger partial charge in [0, 0.05) is 12.6 Å². The Morgan fingerprint density at radius 3 is 2.19 bits per heavy atom. The number of nitrogens with zero attached hydrogens (tertiary/aromatic N) is 1. The second kappa shape index (κ2) is 9.87. The van der Waals surface area contributed by atoms with Gasteiger partial charge >= 0.3 is 0 Å². The molecule has 168 valence electrons. The Labute approximate surface area is 189 Å². The number of carbonyl (C=O) groups is 1. The van der Waals surface area contributed by atoms with E-state index in [0.717, 1.165) is 22.4 Å². The highest BCUT2D eigenvalue weighted by Gasteiger charge is 2.17. The molecule has 0 radical (unpaired) electrons. The SMILES string of the molecule is Cc1cc(C)cc(OCCN(C)C(=O)c2ccc(S(=O)(=O)Nc3ccccc3C)cc2)c1. The van der Waals surface area contributed by atoms with Gasteiger partial charge in [-0.3, -0.25) is 9.52 Å². The van der Waals surface area contributed by atoms with Gasteiger partial charge < -0.3 is 9.64 Å². The standard InChI is InChI=1S/C25H28N2O4S/c1-18-15-19(2)17-22(16-18)31-14-13-27(4)25(28)21-9-11-23(12-10-21)32(29,30)26-24-8-6-5-7-20(24)3/h5-12,15-17,26H,13-14H2,1-4H3. The maximum atomic E-state index is 12.7. The van der Waals surface area contributed by atoms with Gasteiger partial charge in [0.1, 0.15) is 12.4 Å². The fourth-order valence-corrected chi connectivity index (χ4v) is 4.44. The minimum Gasteiger partial charge on any atom is -0.492 e. The van der Waals surface area contributed by atoms with E-state index in [1.807, 2.05) is 45.0 Å². The molecular weight excluding hydrogens is 424 g/mol. The van der Waals surface area contributed by atoms with Crippen LogP contribution in [0.15, 0.2) is 71.6 Å². The Hall–Kier alpha value is -3.32. The smallest absolute Gasteiger partial charge is 0.261 e. The van der Waals surface area contributed by atoms with Crippen LogP contribution < -0.4 is 9.46 Å². The summed E-state index contributed by atoms with van der Waals surface area (Å²) >= 11 is 0. The predicted octanol–water partition coefficient (Wildman–Crippen LogP) is 4.56. The van der Waals surface area contributed by atoms with Crippen molar-refractivity contribution in [3.8, 4) is 5.75 Å². The highest BCUT2D eigenvalue weighted by molar-refractivity contribution is 7.92. The lowest BCUT2D eigenvalue weighted by Gasteiger charge is -2.18. The van der Waals surface area contributed by atoms with Crippen molar-refractivity contribution >= 4 is 21.6 Å². The number of rotatable bonds is 8. The van der Waals surface area contributed by atoms with Crippen LogP contribution in [0.4, 0.5) is 5.69 Å². The van der Waals surface area contributed by atoms with Crippen LogP contribution in [0.3, 0.4) is 0 Å². The number of hydrogen-bond acceptors (Lipinski definition) is 4. The summed E-state index contributed by atoms with van der Waals surface area (Å²) in [6.07, 6.45) is 0. The van der Waals surface area contributed by atoms with E-state index >= 15 is 0 Å². The van der Waals surface area contributed by atoms with Crippen LogP contribution >= 0.6 is 0 Å². The highest BCUT2D eigenvalue weighted by Crippen LogP contribution is 2.20. The Balaban J connectivity index is 1.60. The summed E-state index contributed by atoms with van der Waals surface area (Å²) in [6, 6.07) is 19.1. The van der Waals surface area contributed by atoms with Crippen molar-refractivity contribution in [3.63, 3.8) is 0 Å². The van der Waals surface area contributed by atoms with Crippen LogP contribution in [-0.2, 0) is 10.0 Å². The molecule has 3 rings (SSSR count). The molecule has 0 bridgehead atoms. The van der Waals surface area contributed by atoms with E-state index in [-0.39, 0.29) is 10.8 Å². The van der Waals surface area contributed by atoms with Gasteiger partial charge in [0.05, 0.1) is 17.1 Å². The monoisotopic (exact) mass is 452 g/mol. The molecule has 0 atom stereocenters. The molecule has 0 saturated carbocycles. The summed E-state index contributed by atoms with van der Waals surface area (Å²) in [5, 5.41) is 0. The summed E-state index contributed by atoms with van der Waals surface area (Å²) in [6.45, 7) is 6.61. The molecule has 0 aliphatic carbocycles. The summed E-state index contributed by atoms with van der Waals surface area (Å²) in [5.74, 6) is 0.573. The second-order valence-corrected chi connectivity index (χ2v) is 9.53. The molecule has 1 amide bonds. The van der Waals surface area contributed by atoms with Gasteiger partial charge in [0.25, 0.3) is 15.9 Å². The fraction of sp³-hybridized carbons (Fsp3) is 0.240. The van der Waals surface area contributed by atoms with E-state index < -0.39 is 10.0 Å². The summed E-state index contributed by atoms with van der Waals surface area (Å²) < 4.78 is 33.7. The third-order valence-electron chi connectivity index (χ3n) is 5.04. The molecule has 3 aromatic rings. The highest BCUT2D eigenvalue weighted by atomic mass is 32.2. The normalized spacial score (nSPS) is 11.1. The van der Waals surface area contributed by atoms with Crippen LogP contribution in [0.1, 0.15) is 27.0 Å².